The molecule has 1 saturated heterocycles. The molecule has 3 rings (SSSR count). The number of para-hydroxylation sites is 1. The van der Waals surface area contributed by atoms with Gasteiger partial charge in [-0.3, -0.25) is 15.0 Å². The van der Waals surface area contributed by atoms with Gasteiger partial charge in [0.15, 0.2) is 6.10 Å². The van der Waals surface area contributed by atoms with Crippen LogP contribution >= 0.6 is 31.9 Å². The molecule has 1 atom stereocenters. The van der Waals surface area contributed by atoms with E-state index in [9.17, 15) is 14.4 Å². The molecule has 0 bridgehead atoms. The Bertz CT molecular complexity index is 1000. The number of halogens is 2. The van der Waals surface area contributed by atoms with E-state index in [2.05, 4.69) is 37.3 Å². The normalized spacial score (nSPS) is 15.9. The summed E-state index contributed by atoms with van der Waals surface area (Å²) in [5, 5.41) is 1.21. The number of hydrogen-bond acceptors (Lipinski definition) is 5. The van der Waals surface area contributed by atoms with Crippen molar-refractivity contribution in [3.63, 3.8) is 0 Å². The Balaban J connectivity index is 1.85. The van der Waals surface area contributed by atoms with Crippen molar-refractivity contribution in [1.29, 1.82) is 0 Å². The van der Waals surface area contributed by atoms with Gasteiger partial charge in [-0.15, -0.1) is 0 Å². The summed E-state index contributed by atoms with van der Waals surface area (Å²) >= 11 is 6.82. The summed E-state index contributed by atoms with van der Waals surface area (Å²) in [6.45, 7) is 3.57. The molecule has 0 aliphatic carbocycles. The average molecular weight is 538 g/mol. The number of carbonyl (C=O) groups is 3. The van der Waals surface area contributed by atoms with Crippen LogP contribution in [0.15, 0.2) is 57.0 Å². The Kier molecular flexibility index (Phi) is 6.94. The van der Waals surface area contributed by atoms with Gasteiger partial charge in [0.25, 0.3) is 11.8 Å². The van der Waals surface area contributed by atoms with E-state index in [1.54, 1.807) is 50.2 Å². The number of hydrazine groups is 1. The monoisotopic (exact) mass is 536 g/mol. The molecule has 0 saturated carbocycles. The van der Waals surface area contributed by atoms with Crippen molar-refractivity contribution in [1.82, 2.24) is 5.43 Å². The lowest BCUT2D eigenvalue weighted by Crippen LogP contribution is -2.35. The summed E-state index contributed by atoms with van der Waals surface area (Å²) in [4.78, 5) is 36.9. The summed E-state index contributed by atoms with van der Waals surface area (Å²) < 4.78 is 11.7. The quantitative estimate of drug-likeness (QED) is 0.342. The first-order valence-corrected chi connectivity index (χ1v) is 10.6. The van der Waals surface area contributed by atoms with E-state index in [1.807, 2.05) is 6.07 Å². The second kappa shape index (κ2) is 9.44. The zero-order chi connectivity index (χ0) is 21.8. The van der Waals surface area contributed by atoms with E-state index in [0.717, 1.165) is 0 Å². The van der Waals surface area contributed by atoms with Crippen LogP contribution in [-0.4, -0.2) is 30.5 Å². The van der Waals surface area contributed by atoms with Crippen molar-refractivity contribution >= 4 is 61.4 Å². The molecule has 0 radical (unpaired) electrons. The van der Waals surface area contributed by atoms with Crippen molar-refractivity contribution in [2.45, 2.75) is 20.0 Å². The van der Waals surface area contributed by atoms with Gasteiger partial charge in [0.05, 0.1) is 21.2 Å². The highest BCUT2D eigenvalue weighted by Crippen LogP contribution is 2.36. The number of nitrogens with zero attached hydrogens (tertiary/aromatic N) is 1. The Morgan fingerprint density at radius 1 is 1.17 bits per heavy atom. The number of benzene rings is 2. The van der Waals surface area contributed by atoms with Gasteiger partial charge in [0.1, 0.15) is 11.3 Å². The van der Waals surface area contributed by atoms with Crippen LogP contribution in [0, 0.1) is 0 Å². The van der Waals surface area contributed by atoms with Crippen molar-refractivity contribution in [2.75, 3.05) is 11.6 Å². The molecule has 0 aromatic heterocycles. The first-order valence-electron chi connectivity index (χ1n) is 9.06. The molecule has 1 fully saturated rings. The van der Waals surface area contributed by atoms with Crippen LogP contribution < -0.4 is 15.2 Å². The van der Waals surface area contributed by atoms with Gasteiger partial charge in [0.2, 0.25) is 0 Å². The Morgan fingerprint density at radius 3 is 2.40 bits per heavy atom. The summed E-state index contributed by atoms with van der Waals surface area (Å²) in [5.41, 5.74) is 3.73. The molecular weight excluding hydrogens is 520 g/mol. The topological polar surface area (TPSA) is 84.9 Å². The molecule has 1 aliphatic heterocycles. The number of anilines is 1. The van der Waals surface area contributed by atoms with E-state index in [-0.39, 0.29) is 12.2 Å². The fourth-order valence-electron chi connectivity index (χ4n) is 2.74. The molecule has 9 heteroatoms. The third-order valence-electron chi connectivity index (χ3n) is 4.15. The SMILES string of the molecule is CCOC(=O)[C@@H](C)Oc1c(Br)cc(/C=C2/C(=O)NN(c3ccccc3)C2=O)cc1Br. The minimum Gasteiger partial charge on any atom is -0.477 e. The molecule has 1 aliphatic rings. The Morgan fingerprint density at radius 2 is 1.80 bits per heavy atom. The van der Waals surface area contributed by atoms with Crippen LogP contribution in [0.4, 0.5) is 5.69 Å². The largest absolute Gasteiger partial charge is 0.477 e. The Labute approximate surface area is 190 Å². The van der Waals surface area contributed by atoms with Gasteiger partial charge in [-0.25, -0.2) is 9.80 Å². The van der Waals surface area contributed by atoms with Gasteiger partial charge in [-0.05, 0) is 81.6 Å². The molecule has 0 spiro atoms. The van der Waals surface area contributed by atoms with E-state index >= 15 is 0 Å². The fraction of sp³-hybridized carbons (Fsp3) is 0.190. The second-order valence-corrected chi connectivity index (χ2v) is 8.01. The summed E-state index contributed by atoms with van der Waals surface area (Å²) in [7, 11) is 0. The molecule has 2 aromatic rings. The smallest absolute Gasteiger partial charge is 0.347 e. The van der Waals surface area contributed by atoms with E-state index in [4.69, 9.17) is 9.47 Å². The summed E-state index contributed by atoms with van der Waals surface area (Å²) in [6, 6.07) is 12.2. The molecular formula is C21H18Br2N2O5. The summed E-state index contributed by atoms with van der Waals surface area (Å²) in [6.07, 6.45) is 0.692. The van der Waals surface area contributed by atoms with Crippen LogP contribution in [0.25, 0.3) is 6.08 Å². The van der Waals surface area contributed by atoms with Crippen LogP contribution in [0.5, 0.6) is 5.75 Å². The van der Waals surface area contributed by atoms with Crippen molar-refractivity contribution < 1.29 is 23.9 Å². The third kappa shape index (κ3) is 4.73. The number of ether oxygens (including phenoxy) is 2. The lowest BCUT2D eigenvalue weighted by atomic mass is 10.1. The average Bonchev–Trinajstić information content (AvgIpc) is 2.99. The minimum absolute atomic E-state index is 0.00575. The minimum atomic E-state index is -0.802. The maximum atomic E-state index is 12.7. The fourth-order valence-corrected chi connectivity index (χ4v) is 4.15. The van der Waals surface area contributed by atoms with Crippen molar-refractivity contribution in [2.24, 2.45) is 0 Å². The molecule has 7 nitrogen and oxygen atoms in total. The zero-order valence-corrected chi connectivity index (χ0v) is 19.3. The molecule has 30 heavy (non-hydrogen) atoms. The van der Waals surface area contributed by atoms with Crippen LogP contribution in [0.2, 0.25) is 0 Å². The number of hydrogen-bond donors (Lipinski definition) is 1. The van der Waals surface area contributed by atoms with Crippen LogP contribution in [0.3, 0.4) is 0 Å². The maximum absolute atomic E-state index is 12.7. The Hall–Kier alpha value is -2.65. The highest BCUT2D eigenvalue weighted by Gasteiger charge is 2.34. The highest BCUT2D eigenvalue weighted by atomic mass is 79.9. The van der Waals surface area contributed by atoms with Crippen LogP contribution in [0.1, 0.15) is 19.4 Å². The number of nitrogens with one attached hydrogen (secondary N) is 1. The molecule has 1 N–H and O–H groups in total. The number of esters is 1. The second-order valence-electron chi connectivity index (χ2n) is 6.30. The first kappa shape index (κ1) is 22.0. The first-order chi connectivity index (χ1) is 14.3. The predicted molar refractivity (Wildman–Crippen MR) is 119 cm³/mol. The van der Waals surface area contributed by atoms with E-state index < -0.39 is 23.9 Å². The van der Waals surface area contributed by atoms with E-state index in [1.165, 1.54) is 11.1 Å². The van der Waals surface area contributed by atoms with Crippen molar-refractivity contribution in [3.8, 4) is 5.75 Å². The predicted octanol–water partition coefficient (Wildman–Crippen LogP) is 4.00. The molecule has 2 amide bonds. The van der Waals surface area contributed by atoms with E-state index in [0.29, 0.717) is 25.9 Å². The van der Waals surface area contributed by atoms with Crippen LogP contribution in [-0.2, 0) is 19.1 Å². The maximum Gasteiger partial charge on any atom is 0.347 e. The molecule has 2 aromatic carbocycles. The zero-order valence-electron chi connectivity index (χ0n) is 16.1. The van der Waals surface area contributed by atoms with Gasteiger partial charge < -0.3 is 9.47 Å². The lowest BCUT2D eigenvalue weighted by Gasteiger charge is -2.16. The highest BCUT2D eigenvalue weighted by molar-refractivity contribution is 9.11. The lowest BCUT2D eigenvalue weighted by molar-refractivity contribution is -0.150. The molecule has 156 valence electrons. The van der Waals surface area contributed by atoms with Gasteiger partial charge in [-0.1, -0.05) is 18.2 Å². The molecule has 0 unspecified atom stereocenters. The number of rotatable bonds is 6. The van der Waals surface area contributed by atoms with Gasteiger partial charge in [-0.2, -0.15) is 0 Å². The number of amides is 2. The third-order valence-corrected chi connectivity index (χ3v) is 5.33. The summed E-state index contributed by atoms with van der Waals surface area (Å²) in [5.74, 6) is -1.01. The van der Waals surface area contributed by atoms with Crippen molar-refractivity contribution in [3.05, 3.63) is 62.5 Å². The van der Waals surface area contributed by atoms with Gasteiger partial charge >= 0.3 is 5.97 Å². The molecule has 1 heterocycles. The number of carbonyl (C=O) groups excluding carboxylic acids is 3. The van der Waals surface area contributed by atoms with Gasteiger partial charge in [0, 0.05) is 0 Å². The standard InChI is InChI=1S/C21H18Br2N2O5/c1-3-29-21(28)12(2)30-18-16(22)10-13(11-17(18)23)9-15-19(26)24-25(20(15)27)14-7-5-4-6-8-14/h4-12H,3H2,1-2H3,(H,24,26)/b15-9-/t12-/m1/s1.